The van der Waals surface area contributed by atoms with Crippen LogP contribution >= 0.6 is 34.8 Å². The van der Waals surface area contributed by atoms with E-state index >= 15 is 0 Å². The third-order valence-electron chi connectivity index (χ3n) is 5.53. The zero-order chi connectivity index (χ0) is 26.9. The summed E-state index contributed by atoms with van der Waals surface area (Å²) in [4.78, 5) is 27.8. The molecule has 1 atom stereocenters. The van der Waals surface area contributed by atoms with E-state index in [0.29, 0.717) is 23.0 Å². The van der Waals surface area contributed by atoms with Gasteiger partial charge < -0.3 is 10.2 Å². The van der Waals surface area contributed by atoms with Gasteiger partial charge in [0.05, 0.1) is 17.0 Å². The number of benzene rings is 2. The Balaban J connectivity index is 2.23. The topological polar surface area (TPSA) is 86.8 Å². The fourth-order valence-electron chi connectivity index (χ4n) is 3.73. The summed E-state index contributed by atoms with van der Waals surface area (Å²) in [7, 11) is -3.68. The van der Waals surface area contributed by atoms with E-state index in [1.165, 1.54) is 12.1 Å². The smallest absolute Gasteiger partial charge is 0.242 e. The van der Waals surface area contributed by atoms with Crippen LogP contribution in [-0.2, 0) is 26.2 Å². The van der Waals surface area contributed by atoms with Crippen LogP contribution in [0.4, 0.5) is 5.69 Å². The number of halogens is 3. The van der Waals surface area contributed by atoms with Gasteiger partial charge in [0.15, 0.2) is 0 Å². The number of nitrogens with zero attached hydrogens (tertiary/aromatic N) is 2. The fraction of sp³-hybridized carbons (Fsp3) is 0.440. The van der Waals surface area contributed by atoms with Crippen molar-refractivity contribution < 1.29 is 18.0 Å². The molecule has 7 nitrogen and oxygen atoms in total. The molecule has 2 rings (SSSR count). The minimum absolute atomic E-state index is 0.0260. The molecule has 0 heterocycles. The first-order valence-corrected chi connectivity index (χ1v) is 14.7. The Labute approximate surface area is 228 Å². The van der Waals surface area contributed by atoms with Gasteiger partial charge in [-0.05, 0) is 55.2 Å². The highest BCUT2D eigenvalue weighted by atomic mass is 35.5. The number of hydrogen-bond donors (Lipinski definition) is 1. The van der Waals surface area contributed by atoms with Gasteiger partial charge in [-0.25, -0.2) is 8.42 Å². The molecule has 0 saturated heterocycles. The first-order chi connectivity index (χ1) is 17.0. The number of nitrogens with one attached hydrogen (secondary N) is 1. The molecule has 11 heteroatoms. The monoisotopic (exact) mass is 575 g/mol. The third kappa shape index (κ3) is 8.83. The highest BCUT2D eigenvalue weighted by Crippen LogP contribution is 2.31. The second-order valence-corrected chi connectivity index (χ2v) is 11.6. The van der Waals surface area contributed by atoms with Crippen molar-refractivity contribution in [3.8, 4) is 0 Å². The van der Waals surface area contributed by atoms with E-state index in [-0.39, 0.29) is 48.5 Å². The first kappa shape index (κ1) is 30.2. The van der Waals surface area contributed by atoms with Crippen molar-refractivity contribution in [2.45, 2.75) is 52.1 Å². The molecule has 2 aromatic carbocycles. The summed E-state index contributed by atoms with van der Waals surface area (Å²) in [5, 5.41) is 4.03. The molecule has 2 aromatic rings. The molecule has 36 heavy (non-hydrogen) atoms. The van der Waals surface area contributed by atoms with Crippen LogP contribution in [0.5, 0.6) is 0 Å². The molecular weight excluding hydrogens is 545 g/mol. The average Bonchev–Trinajstić information content (AvgIpc) is 2.82. The largest absolute Gasteiger partial charge is 0.354 e. The molecule has 1 unspecified atom stereocenters. The van der Waals surface area contributed by atoms with Crippen molar-refractivity contribution in [1.82, 2.24) is 10.2 Å². The van der Waals surface area contributed by atoms with E-state index in [4.69, 9.17) is 34.8 Å². The molecule has 0 bridgehead atoms. The Bertz CT molecular complexity index is 1140. The van der Waals surface area contributed by atoms with E-state index in [1.807, 2.05) is 26.0 Å². The Morgan fingerprint density at radius 1 is 1.00 bits per heavy atom. The quantitative estimate of drug-likeness (QED) is 0.340. The van der Waals surface area contributed by atoms with E-state index < -0.39 is 16.1 Å². The summed E-state index contributed by atoms with van der Waals surface area (Å²) in [5.41, 5.74) is 1.08. The van der Waals surface area contributed by atoms with Gasteiger partial charge in [0, 0.05) is 36.1 Å². The zero-order valence-electron chi connectivity index (χ0n) is 20.6. The van der Waals surface area contributed by atoms with Gasteiger partial charge in [0.25, 0.3) is 0 Å². The first-order valence-electron chi connectivity index (χ1n) is 11.7. The fourth-order valence-corrected chi connectivity index (χ4v) is 5.26. The Morgan fingerprint density at radius 3 is 2.22 bits per heavy atom. The van der Waals surface area contributed by atoms with Gasteiger partial charge in [-0.3, -0.25) is 13.9 Å². The van der Waals surface area contributed by atoms with Crippen molar-refractivity contribution in [2.75, 3.05) is 23.7 Å². The lowest BCUT2D eigenvalue weighted by Gasteiger charge is -2.31. The van der Waals surface area contributed by atoms with Crippen molar-refractivity contribution in [1.29, 1.82) is 0 Å². The number of rotatable bonds is 13. The van der Waals surface area contributed by atoms with Crippen molar-refractivity contribution in [3.05, 3.63) is 63.1 Å². The lowest BCUT2D eigenvalue weighted by atomic mass is 10.1. The molecule has 0 radical (unpaired) electrons. The normalized spacial score (nSPS) is 12.2. The number of sulfonamides is 1. The maximum absolute atomic E-state index is 13.4. The number of hydrogen-bond acceptors (Lipinski definition) is 4. The molecule has 0 saturated carbocycles. The van der Waals surface area contributed by atoms with E-state index in [2.05, 4.69) is 5.32 Å². The lowest BCUT2D eigenvalue weighted by Crippen LogP contribution is -2.49. The van der Waals surface area contributed by atoms with E-state index in [1.54, 1.807) is 23.1 Å². The molecule has 2 amide bonds. The van der Waals surface area contributed by atoms with Gasteiger partial charge in [-0.2, -0.15) is 0 Å². The Morgan fingerprint density at radius 2 is 1.64 bits per heavy atom. The van der Waals surface area contributed by atoms with Gasteiger partial charge in [0.1, 0.15) is 6.04 Å². The summed E-state index contributed by atoms with van der Waals surface area (Å²) < 4.78 is 26.1. The van der Waals surface area contributed by atoms with Crippen LogP contribution in [0.25, 0.3) is 0 Å². The second-order valence-electron chi connectivity index (χ2n) is 8.40. The standard InChI is InChI=1S/C25H32Cl3N3O4S/c1-4-14-29-25(33)22(5-2)30(17-18-8-10-19(26)11-9-18)24(32)7-6-15-31(36(3,34)35)23-16-20(27)12-13-21(23)28/h8-13,16,22H,4-7,14-15,17H2,1-3H3,(H,29,33). The highest BCUT2D eigenvalue weighted by molar-refractivity contribution is 7.92. The number of amides is 2. The van der Waals surface area contributed by atoms with Crippen molar-refractivity contribution >= 4 is 62.3 Å². The van der Waals surface area contributed by atoms with Gasteiger partial charge in [-0.15, -0.1) is 0 Å². The predicted octanol–water partition coefficient (Wildman–Crippen LogP) is 5.53. The SMILES string of the molecule is CCCNC(=O)C(CC)N(Cc1ccc(Cl)cc1)C(=O)CCCN(c1cc(Cl)ccc1Cl)S(C)(=O)=O. The molecule has 0 aliphatic carbocycles. The van der Waals surface area contributed by atoms with E-state index in [9.17, 15) is 18.0 Å². The van der Waals surface area contributed by atoms with Gasteiger partial charge >= 0.3 is 0 Å². The molecule has 1 N–H and O–H groups in total. The molecule has 198 valence electrons. The van der Waals surface area contributed by atoms with Gasteiger partial charge in [-0.1, -0.05) is 60.8 Å². The minimum Gasteiger partial charge on any atom is -0.354 e. The maximum Gasteiger partial charge on any atom is 0.242 e. The third-order valence-corrected chi connectivity index (χ3v) is 7.52. The van der Waals surface area contributed by atoms with Crippen LogP contribution in [0, 0.1) is 0 Å². The molecule has 0 fully saturated rings. The summed E-state index contributed by atoms with van der Waals surface area (Å²) in [5.74, 6) is -0.473. The molecule has 0 spiro atoms. The summed E-state index contributed by atoms with van der Waals surface area (Å²) in [6, 6.07) is 11.0. The van der Waals surface area contributed by atoms with Gasteiger partial charge in [0.2, 0.25) is 21.8 Å². The highest BCUT2D eigenvalue weighted by Gasteiger charge is 2.29. The molecule has 0 aliphatic heterocycles. The number of carbonyl (C=O) groups is 2. The summed E-state index contributed by atoms with van der Waals surface area (Å²) >= 11 is 18.3. The summed E-state index contributed by atoms with van der Waals surface area (Å²) in [6.07, 6.45) is 2.54. The van der Waals surface area contributed by atoms with E-state index in [0.717, 1.165) is 22.5 Å². The zero-order valence-corrected chi connectivity index (χ0v) is 23.7. The van der Waals surface area contributed by atoms with Crippen LogP contribution in [0.3, 0.4) is 0 Å². The van der Waals surface area contributed by atoms with Crippen LogP contribution in [0.15, 0.2) is 42.5 Å². The van der Waals surface area contributed by atoms with Crippen LogP contribution in [-0.4, -0.2) is 50.5 Å². The van der Waals surface area contributed by atoms with Crippen LogP contribution in [0.1, 0.15) is 45.1 Å². The summed E-state index contributed by atoms with van der Waals surface area (Å²) in [6.45, 7) is 4.58. The number of anilines is 1. The predicted molar refractivity (Wildman–Crippen MR) is 147 cm³/mol. The van der Waals surface area contributed by atoms with Crippen LogP contribution in [0.2, 0.25) is 15.1 Å². The van der Waals surface area contributed by atoms with Crippen LogP contribution < -0.4 is 9.62 Å². The average molecular weight is 577 g/mol. The Kier molecular flexibility index (Phi) is 11.8. The molecular formula is C25H32Cl3N3O4S. The molecule has 0 aromatic heterocycles. The maximum atomic E-state index is 13.4. The van der Waals surface area contributed by atoms with Crippen molar-refractivity contribution in [2.24, 2.45) is 0 Å². The minimum atomic E-state index is -3.68. The Hall–Kier alpha value is -2.00. The second kappa shape index (κ2) is 14.1. The molecule has 0 aliphatic rings. The lowest BCUT2D eigenvalue weighted by molar-refractivity contribution is -0.141. The number of carbonyl (C=O) groups excluding carboxylic acids is 2. The van der Waals surface area contributed by atoms with Crippen molar-refractivity contribution in [3.63, 3.8) is 0 Å².